The Hall–Kier alpha value is -3.62. The summed E-state index contributed by atoms with van der Waals surface area (Å²) >= 11 is 22.7. The molecule has 1 heterocycles. The lowest BCUT2D eigenvalue weighted by Gasteiger charge is -2.09. The van der Waals surface area contributed by atoms with E-state index in [9.17, 15) is 9.59 Å². The molecule has 0 fully saturated rings. The van der Waals surface area contributed by atoms with Crippen molar-refractivity contribution >= 4 is 79.7 Å². The summed E-state index contributed by atoms with van der Waals surface area (Å²) in [6.07, 6.45) is 1.39. The first-order valence-electron chi connectivity index (χ1n) is 11.9. The van der Waals surface area contributed by atoms with Crippen molar-refractivity contribution in [2.75, 3.05) is 0 Å². The van der Waals surface area contributed by atoms with Gasteiger partial charge in [-0.15, -0.1) is 0 Å². The molecule has 5 aromatic rings. The van der Waals surface area contributed by atoms with Crippen LogP contribution < -0.4 is 10.2 Å². The van der Waals surface area contributed by atoms with Crippen LogP contribution in [0.5, 0.6) is 5.75 Å². The predicted molar refractivity (Wildman–Crippen MR) is 164 cm³/mol. The van der Waals surface area contributed by atoms with E-state index in [1.165, 1.54) is 6.21 Å². The normalized spacial score (nSPS) is 11.2. The van der Waals surface area contributed by atoms with Gasteiger partial charge in [-0.3, -0.25) is 4.79 Å². The van der Waals surface area contributed by atoms with E-state index in [2.05, 4.69) is 31.4 Å². The number of benzene rings is 4. The van der Waals surface area contributed by atoms with Crippen LogP contribution in [0.25, 0.3) is 22.0 Å². The third-order valence-corrected chi connectivity index (χ3v) is 7.36. The maximum Gasteiger partial charge on any atom is 0.343 e. The minimum absolute atomic E-state index is 0.199. The van der Waals surface area contributed by atoms with Crippen molar-refractivity contribution in [2.45, 2.75) is 6.92 Å². The summed E-state index contributed by atoms with van der Waals surface area (Å²) in [5.41, 5.74) is 6.34. The first-order valence-corrected chi connectivity index (χ1v) is 13.8. The molecular weight excluding hydrogens is 637 g/mol. The molecule has 1 amide bonds. The number of carbonyl (C=O) groups is 2. The number of amides is 1. The van der Waals surface area contributed by atoms with Crippen molar-refractivity contribution in [3.63, 3.8) is 0 Å². The Morgan fingerprint density at radius 2 is 1.70 bits per heavy atom. The van der Waals surface area contributed by atoms with Gasteiger partial charge in [0.15, 0.2) is 0 Å². The number of hydrazone groups is 1. The number of aromatic nitrogens is 1. The number of rotatable bonds is 6. The number of halogens is 4. The molecule has 0 aliphatic heterocycles. The number of hydrogen-bond acceptors (Lipinski definition) is 4. The van der Waals surface area contributed by atoms with E-state index >= 15 is 0 Å². The van der Waals surface area contributed by atoms with Gasteiger partial charge in [0.25, 0.3) is 5.91 Å². The summed E-state index contributed by atoms with van der Waals surface area (Å²) in [6.45, 7) is 1.93. The average molecular weight is 656 g/mol. The number of fused-ring (bicyclic) bond motifs is 1. The number of carbonyl (C=O) groups excluding carboxylic acids is 2. The van der Waals surface area contributed by atoms with Crippen LogP contribution in [0.1, 0.15) is 32.0 Å². The van der Waals surface area contributed by atoms with Crippen molar-refractivity contribution in [1.29, 1.82) is 0 Å². The lowest BCUT2D eigenvalue weighted by atomic mass is 10.0. The fourth-order valence-electron chi connectivity index (χ4n) is 4.13. The van der Waals surface area contributed by atoms with E-state index in [0.717, 1.165) is 10.0 Å². The maximum atomic E-state index is 13.4. The summed E-state index contributed by atoms with van der Waals surface area (Å²) in [4.78, 5) is 29.2. The van der Waals surface area contributed by atoms with E-state index in [0.29, 0.717) is 48.2 Å². The number of esters is 1. The van der Waals surface area contributed by atoms with Crippen LogP contribution in [0.4, 0.5) is 0 Å². The smallest absolute Gasteiger partial charge is 0.343 e. The first kappa shape index (κ1) is 27.9. The molecule has 0 saturated heterocycles. The number of hydrogen-bond donors (Lipinski definition) is 2. The van der Waals surface area contributed by atoms with E-state index in [1.54, 1.807) is 60.7 Å². The molecule has 0 bridgehead atoms. The minimum Gasteiger partial charge on any atom is -0.422 e. The Labute approximate surface area is 253 Å². The van der Waals surface area contributed by atoms with Crippen LogP contribution >= 0.6 is 50.7 Å². The Morgan fingerprint density at radius 3 is 2.45 bits per heavy atom. The molecule has 0 atom stereocenters. The number of aromatic amines is 1. The predicted octanol–water partition coefficient (Wildman–Crippen LogP) is 8.85. The maximum absolute atomic E-state index is 13.4. The van der Waals surface area contributed by atoms with Gasteiger partial charge in [-0.05, 0) is 55.5 Å². The largest absolute Gasteiger partial charge is 0.422 e. The lowest BCUT2D eigenvalue weighted by molar-refractivity contribution is 0.0734. The number of nitrogens with zero attached hydrogens (tertiary/aromatic N) is 1. The van der Waals surface area contributed by atoms with Gasteiger partial charge in [0.1, 0.15) is 11.4 Å². The van der Waals surface area contributed by atoms with Crippen LogP contribution in [-0.2, 0) is 0 Å². The molecule has 2 N–H and O–H groups in total. The summed E-state index contributed by atoms with van der Waals surface area (Å²) in [7, 11) is 0. The SMILES string of the molecule is Cc1ccc(C(=O)Oc2ccc(Br)cc2C=NNC(=O)c2[nH]c3cc(Cl)cc(Cl)c3c2-c2ccccc2Cl)cc1. The van der Waals surface area contributed by atoms with Gasteiger partial charge in [-0.25, -0.2) is 10.2 Å². The van der Waals surface area contributed by atoms with Crippen molar-refractivity contribution < 1.29 is 14.3 Å². The lowest BCUT2D eigenvalue weighted by Crippen LogP contribution is -2.19. The average Bonchev–Trinajstić information content (AvgIpc) is 3.30. The summed E-state index contributed by atoms with van der Waals surface area (Å²) in [6, 6.07) is 22.6. The zero-order chi connectivity index (χ0) is 28.4. The molecule has 0 aliphatic carbocycles. The molecule has 0 saturated carbocycles. The first-order chi connectivity index (χ1) is 19.2. The second-order valence-corrected chi connectivity index (χ2v) is 11.0. The van der Waals surface area contributed by atoms with Gasteiger partial charge in [0, 0.05) is 42.1 Å². The molecular formula is C30H19BrCl3N3O3. The molecule has 10 heteroatoms. The van der Waals surface area contributed by atoms with Gasteiger partial charge < -0.3 is 9.72 Å². The van der Waals surface area contributed by atoms with Crippen molar-refractivity contribution in [1.82, 2.24) is 10.4 Å². The zero-order valence-electron chi connectivity index (χ0n) is 20.8. The fraction of sp³-hybridized carbons (Fsp3) is 0.0333. The van der Waals surface area contributed by atoms with Crippen LogP contribution in [0.15, 0.2) is 88.4 Å². The van der Waals surface area contributed by atoms with Crippen molar-refractivity contribution in [2.24, 2.45) is 5.10 Å². The van der Waals surface area contributed by atoms with Gasteiger partial charge in [-0.1, -0.05) is 86.6 Å². The van der Waals surface area contributed by atoms with E-state index in [4.69, 9.17) is 39.5 Å². The highest BCUT2D eigenvalue weighted by atomic mass is 79.9. The number of aryl methyl sites for hydroxylation is 1. The molecule has 200 valence electrons. The third-order valence-electron chi connectivity index (χ3n) is 6.02. The molecule has 4 aromatic carbocycles. The van der Waals surface area contributed by atoms with Gasteiger partial charge >= 0.3 is 5.97 Å². The van der Waals surface area contributed by atoms with Crippen molar-refractivity contribution in [3.8, 4) is 16.9 Å². The Balaban J connectivity index is 1.45. The quantitative estimate of drug-likeness (QED) is 0.0830. The molecule has 5 rings (SSSR count). The minimum atomic E-state index is -0.539. The monoisotopic (exact) mass is 653 g/mol. The molecule has 0 aliphatic rings. The third kappa shape index (κ3) is 5.93. The van der Waals surface area contributed by atoms with Crippen LogP contribution in [0, 0.1) is 6.92 Å². The molecule has 1 aromatic heterocycles. The number of nitrogens with one attached hydrogen (secondary N) is 2. The highest BCUT2D eigenvalue weighted by molar-refractivity contribution is 9.10. The Morgan fingerprint density at radius 1 is 0.950 bits per heavy atom. The van der Waals surface area contributed by atoms with Crippen LogP contribution in [0.3, 0.4) is 0 Å². The Bertz CT molecular complexity index is 1800. The summed E-state index contributed by atoms with van der Waals surface area (Å²) in [5.74, 6) is -0.780. The highest BCUT2D eigenvalue weighted by Gasteiger charge is 2.23. The molecule has 40 heavy (non-hydrogen) atoms. The molecule has 0 radical (unpaired) electrons. The van der Waals surface area contributed by atoms with Gasteiger partial charge in [-0.2, -0.15) is 5.10 Å². The molecule has 0 spiro atoms. The molecule has 6 nitrogen and oxygen atoms in total. The molecule has 0 unspecified atom stereocenters. The summed E-state index contributed by atoms with van der Waals surface area (Å²) < 4.78 is 6.35. The van der Waals surface area contributed by atoms with Crippen molar-refractivity contribution in [3.05, 3.63) is 121 Å². The summed E-state index contributed by atoms with van der Waals surface area (Å²) in [5, 5.41) is 5.96. The van der Waals surface area contributed by atoms with E-state index in [-0.39, 0.29) is 11.4 Å². The van der Waals surface area contributed by atoms with Gasteiger partial charge in [0.2, 0.25) is 0 Å². The topological polar surface area (TPSA) is 83.5 Å². The second-order valence-electron chi connectivity index (χ2n) is 8.80. The van der Waals surface area contributed by atoms with E-state index in [1.807, 2.05) is 25.1 Å². The number of ether oxygens (including phenoxy) is 1. The number of H-pyrrole nitrogens is 1. The highest BCUT2D eigenvalue weighted by Crippen LogP contribution is 2.41. The fourth-order valence-corrected chi connectivity index (χ4v) is 5.33. The van der Waals surface area contributed by atoms with E-state index < -0.39 is 11.9 Å². The standard InChI is InChI=1S/C30H19BrCl3N3O3/c1-16-6-8-17(9-7-16)30(39)40-25-11-10-19(31)12-18(25)15-35-37-29(38)28-26(21-4-2-3-5-22(21)33)27-23(34)13-20(32)14-24(27)36-28/h2-15,36H,1H3,(H,37,38). The van der Waals surface area contributed by atoms with Crippen LogP contribution in [-0.4, -0.2) is 23.1 Å². The van der Waals surface area contributed by atoms with Gasteiger partial charge in [0.05, 0.1) is 16.8 Å². The zero-order valence-corrected chi connectivity index (χ0v) is 24.6. The second kappa shape index (κ2) is 11.9. The Kier molecular flexibility index (Phi) is 8.28. The van der Waals surface area contributed by atoms with Crippen LogP contribution in [0.2, 0.25) is 15.1 Å².